The van der Waals surface area contributed by atoms with Gasteiger partial charge in [-0.1, -0.05) is 30.3 Å². The molecule has 1 aliphatic carbocycles. The van der Waals surface area contributed by atoms with Gasteiger partial charge in [0.05, 0.1) is 16.4 Å². The van der Waals surface area contributed by atoms with Gasteiger partial charge in [-0.2, -0.15) is 19.6 Å². The Hall–Kier alpha value is -3.04. The van der Waals surface area contributed by atoms with Crippen molar-refractivity contribution < 1.29 is 0 Å². The van der Waals surface area contributed by atoms with E-state index in [1.165, 1.54) is 0 Å². The Bertz CT molecular complexity index is 1200. The molecule has 0 bridgehead atoms. The summed E-state index contributed by atoms with van der Waals surface area (Å²) in [6, 6.07) is 15.3. The molecule has 1 aliphatic rings. The fourth-order valence-corrected chi connectivity index (χ4v) is 4.59. The second-order valence-electron chi connectivity index (χ2n) is 8.35. The Labute approximate surface area is 201 Å². The molecule has 3 heterocycles. The van der Waals surface area contributed by atoms with Crippen LogP contribution in [-0.4, -0.2) is 43.7 Å². The lowest BCUT2D eigenvalue weighted by atomic mass is 9.91. The third-order valence-electron chi connectivity index (χ3n) is 6.16. The van der Waals surface area contributed by atoms with E-state index in [4.69, 9.17) is 9.97 Å². The summed E-state index contributed by atoms with van der Waals surface area (Å²) in [7, 11) is 2.04. The Morgan fingerprint density at radius 1 is 1.00 bits per heavy atom. The standard InChI is InChI=1S/C24H27BrN8/c1-26-18-9-11-19(12-10-18)30-23-31-22-20(25)15-29-33(22)24(32-23)28-14-16-5-7-17(8-6-16)21-4-2-3-13-27-21/h2-8,13,15,18-19,26H,9-12,14H2,1H3,(H2,28,30,31,32). The molecular weight excluding hydrogens is 480 g/mol. The third kappa shape index (κ3) is 4.99. The summed E-state index contributed by atoms with van der Waals surface area (Å²) in [5, 5.41) is 14.8. The van der Waals surface area contributed by atoms with Gasteiger partial charge in [-0.15, -0.1) is 0 Å². The van der Waals surface area contributed by atoms with Gasteiger partial charge >= 0.3 is 0 Å². The largest absolute Gasteiger partial charge is 0.351 e. The molecule has 0 amide bonds. The van der Waals surface area contributed by atoms with E-state index in [2.05, 4.69) is 66.2 Å². The maximum Gasteiger partial charge on any atom is 0.229 e. The smallest absolute Gasteiger partial charge is 0.229 e. The predicted molar refractivity (Wildman–Crippen MR) is 134 cm³/mol. The van der Waals surface area contributed by atoms with E-state index in [1.807, 2.05) is 31.4 Å². The molecule has 1 aromatic carbocycles. The van der Waals surface area contributed by atoms with Crippen LogP contribution in [0.4, 0.5) is 11.9 Å². The van der Waals surface area contributed by atoms with E-state index in [0.29, 0.717) is 30.5 Å². The minimum atomic E-state index is 0.380. The Morgan fingerprint density at radius 2 is 1.79 bits per heavy atom. The van der Waals surface area contributed by atoms with Gasteiger partial charge in [0, 0.05) is 30.4 Å². The number of fused-ring (bicyclic) bond motifs is 1. The number of hydrogen-bond acceptors (Lipinski definition) is 7. The first-order valence-electron chi connectivity index (χ1n) is 11.3. The molecule has 1 fully saturated rings. The fourth-order valence-electron chi connectivity index (χ4n) is 4.25. The van der Waals surface area contributed by atoms with Crippen LogP contribution in [0.25, 0.3) is 16.9 Å². The maximum atomic E-state index is 4.75. The van der Waals surface area contributed by atoms with Gasteiger partial charge in [-0.25, -0.2) is 0 Å². The average molecular weight is 507 g/mol. The van der Waals surface area contributed by atoms with Crippen LogP contribution < -0.4 is 16.0 Å². The van der Waals surface area contributed by atoms with Gasteiger partial charge in [-0.05, 0) is 66.4 Å². The van der Waals surface area contributed by atoms with Crippen LogP contribution in [0.3, 0.4) is 0 Å². The number of anilines is 2. The molecule has 1 saturated carbocycles. The molecule has 9 heteroatoms. The number of hydrogen-bond donors (Lipinski definition) is 3. The van der Waals surface area contributed by atoms with Crippen molar-refractivity contribution >= 4 is 33.5 Å². The van der Waals surface area contributed by atoms with Gasteiger partial charge in [0.15, 0.2) is 5.65 Å². The zero-order chi connectivity index (χ0) is 22.6. The predicted octanol–water partition coefficient (Wildman–Crippen LogP) is 4.50. The molecule has 0 radical (unpaired) electrons. The number of pyridine rings is 1. The van der Waals surface area contributed by atoms with E-state index in [-0.39, 0.29) is 0 Å². The number of benzene rings is 1. The molecule has 170 valence electrons. The second kappa shape index (κ2) is 9.84. The molecule has 4 aromatic rings. The van der Waals surface area contributed by atoms with Crippen LogP contribution in [0.5, 0.6) is 0 Å². The minimum Gasteiger partial charge on any atom is -0.351 e. The monoisotopic (exact) mass is 506 g/mol. The highest BCUT2D eigenvalue weighted by atomic mass is 79.9. The van der Waals surface area contributed by atoms with E-state index in [9.17, 15) is 0 Å². The minimum absolute atomic E-state index is 0.380. The quantitative estimate of drug-likeness (QED) is 0.339. The van der Waals surface area contributed by atoms with Crippen molar-refractivity contribution in [3.63, 3.8) is 0 Å². The van der Waals surface area contributed by atoms with E-state index in [0.717, 1.165) is 52.6 Å². The molecule has 3 aromatic heterocycles. The van der Waals surface area contributed by atoms with Crippen LogP contribution in [0.2, 0.25) is 0 Å². The molecule has 0 atom stereocenters. The molecular formula is C24H27BrN8. The van der Waals surface area contributed by atoms with Crippen LogP contribution in [-0.2, 0) is 6.54 Å². The van der Waals surface area contributed by atoms with Crippen LogP contribution in [0.15, 0.2) is 59.3 Å². The summed E-state index contributed by atoms with van der Waals surface area (Å²) in [4.78, 5) is 13.9. The van der Waals surface area contributed by atoms with Crippen LogP contribution >= 0.6 is 15.9 Å². The van der Waals surface area contributed by atoms with E-state index < -0.39 is 0 Å². The van der Waals surface area contributed by atoms with Gasteiger partial charge in [0.25, 0.3) is 0 Å². The maximum absolute atomic E-state index is 4.75. The van der Waals surface area contributed by atoms with Crippen LogP contribution in [0.1, 0.15) is 31.2 Å². The molecule has 3 N–H and O–H groups in total. The third-order valence-corrected chi connectivity index (χ3v) is 6.72. The molecule has 0 unspecified atom stereocenters. The molecule has 5 rings (SSSR count). The van der Waals surface area contributed by atoms with Crippen molar-refractivity contribution in [3.8, 4) is 11.3 Å². The van der Waals surface area contributed by atoms with Crippen molar-refractivity contribution in [1.29, 1.82) is 0 Å². The summed E-state index contributed by atoms with van der Waals surface area (Å²) < 4.78 is 2.57. The summed E-state index contributed by atoms with van der Waals surface area (Å²) in [6.45, 7) is 0.624. The molecule has 8 nitrogen and oxygen atoms in total. The highest BCUT2D eigenvalue weighted by molar-refractivity contribution is 9.10. The molecule has 0 spiro atoms. The lowest BCUT2D eigenvalue weighted by Crippen LogP contribution is -2.35. The summed E-state index contributed by atoms with van der Waals surface area (Å²) in [5.74, 6) is 1.29. The zero-order valence-corrected chi connectivity index (χ0v) is 20.1. The average Bonchev–Trinajstić information content (AvgIpc) is 3.24. The van der Waals surface area contributed by atoms with Gasteiger partial charge in [-0.3, -0.25) is 4.98 Å². The van der Waals surface area contributed by atoms with E-state index >= 15 is 0 Å². The van der Waals surface area contributed by atoms with Crippen molar-refractivity contribution in [3.05, 3.63) is 64.9 Å². The van der Waals surface area contributed by atoms with Crippen LogP contribution in [0, 0.1) is 0 Å². The highest BCUT2D eigenvalue weighted by Gasteiger charge is 2.21. The number of nitrogens with zero attached hydrogens (tertiary/aromatic N) is 5. The normalized spacial score (nSPS) is 18.4. The lowest BCUT2D eigenvalue weighted by Gasteiger charge is -2.28. The SMILES string of the molecule is CNC1CCC(Nc2nc(NCc3ccc(-c4ccccn4)cc3)n3ncc(Br)c3n2)CC1. The van der Waals surface area contributed by atoms with Gasteiger partial charge in [0.1, 0.15) is 0 Å². The lowest BCUT2D eigenvalue weighted by molar-refractivity contribution is 0.370. The first kappa shape index (κ1) is 21.8. The summed E-state index contributed by atoms with van der Waals surface area (Å²) in [6.07, 6.45) is 8.08. The van der Waals surface area contributed by atoms with Gasteiger partial charge < -0.3 is 16.0 Å². The Morgan fingerprint density at radius 3 is 2.52 bits per heavy atom. The first-order chi connectivity index (χ1) is 16.2. The molecule has 0 saturated heterocycles. The first-order valence-corrected chi connectivity index (χ1v) is 12.1. The molecule has 0 aliphatic heterocycles. The Kier molecular flexibility index (Phi) is 6.50. The van der Waals surface area contributed by atoms with Gasteiger partial charge in [0.2, 0.25) is 11.9 Å². The number of nitrogens with one attached hydrogen (secondary N) is 3. The fraction of sp³-hybridized carbons (Fsp3) is 0.333. The van der Waals surface area contributed by atoms with Crippen molar-refractivity contribution in [1.82, 2.24) is 29.9 Å². The number of rotatable bonds is 7. The number of aromatic nitrogens is 5. The van der Waals surface area contributed by atoms with E-state index in [1.54, 1.807) is 10.7 Å². The zero-order valence-electron chi connectivity index (χ0n) is 18.5. The summed E-state index contributed by atoms with van der Waals surface area (Å²) in [5.41, 5.74) is 3.95. The van der Waals surface area contributed by atoms with Crippen molar-refractivity contribution in [2.75, 3.05) is 17.7 Å². The highest BCUT2D eigenvalue weighted by Crippen LogP contribution is 2.24. The topological polar surface area (TPSA) is 92.1 Å². The van der Waals surface area contributed by atoms with Crippen molar-refractivity contribution in [2.24, 2.45) is 0 Å². The summed E-state index contributed by atoms with van der Waals surface area (Å²) >= 11 is 3.56. The second-order valence-corrected chi connectivity index (χ2v) is 9.20. The number of halogens is 1. The molecule has 33 heavy (non-hydrogen) atoms. The van der Waals surface area contributed by atoms with Crippen molar-refractivity contribution in [2.45, 2.75) is 44.3 Å². The Balaban J connectivity index is 1.31.